The van der Waals surface area contributed by atoms with Crippen LogP contribution in [-0.4, -0.2) is 38.5 Å². The Morgan fingerprint density at radius 3 is 2.56 bits per heavy atom. The van der Waals surface area contributed by atoms with Crippen LogP contribution >= 0.6 is 0 Å². The van der Waals surface area contributed by atoms with Crippen LogP contribution in [0.2, 0.25) is 0 Å². The molecular weight excluding hydrogens is 226 g/mol. The van der Waals surface area contributed by atoms with Gasteiger partial charge in [0.15, 0.2) is 0 Å². The number of ether oxygens (including phenoxy) is 2. The lowest BCUT2D eigenvalue weighted by Crippen LogP contribution is -2.41. The van der Waals surface area contributed by atoms with Gasteiger partial charge in [0.1, 0.15) is 0 Å². The second-order valence-corrected chi connectivity index (χ2v) is 5.75. The van der Waals surface area contributed by atoms with Crippen molar-refractivity contribution in [2.24, 2.45) is 5.92 Å². The molecule has 3 nitrogen and oxygen atoms in total. The van der Waals surface area contributed by atoms with Gasteiger partial charge in [0.2, 0.25) is 0 Å². The van der Waals surface area contributed by atoms with E-state index in [0.717, 1.165) is 45.1 Å². The third kappa shape index (κ3) is 4.52. The third-order valence-corrected chi connectivity index (χ3v) is 4.31. The molecule has 1 atom stereocenters. The van der Waals surface area contributed by atoms with Gasteiger partial charge in [0, 0.05) is 19.3 Å². The summed E-state index contributed by atoms with van der Waals surface area (Å²) >= 11 is 0. The van der Waals surface area contributed by atoms with Crippen molar-refractivity contribution in [2.75, 3.05) is 26.4 Å². The SMILES string of the molecule is CCCNC(COC1CCOCC1)C1CCCC1. The Balaban J connectivity index is 1.72. The van der Waals surface area contributed by atoms with Gasteiger partial charge >= 0.3 is 0 Å². The maximum Gasteiger partial charge on any atom is 0.0626 e. The minimum atomic E-state index is 0.436. The molecule has 3 heteroatoms. The highest BCUT2D eigenvalue weighted by Gasteiger charge is 2.26. The summed E-state index contributed by atoms with van der Waals surface area (Å²) in [6.07, 6.45) is 9.39. The van der Waals surface area contributed by atoms with E-state index in [1.165, 1.54) is 32.1 Å². The Bertz CT molecular complexity index is 211. The minimum Gasteiger partial charge on any atom is -0.381 e. The fourth-order valence-electron chi connectivity index (χ4n) is 3.13. The van der Waals surface area contributed by atoms with E-state index in [4.69, 9.17) is 9.47 Å². The predicted molar refractivity (Wildman–Crippen MR) is 73.8 cm³/mol. The van der Waals surface area contributed by atoms with Crippen molar-refractivity contribution in [3.63, 3.8) is 0 Å². The Hall–Kier alpha value is -0.120. The molecule has 0 aromatic heterocycles. The second kappa shape index (κ2) is 8.13. The molecule has 2 aliphatic rings. The number of nitrogens with one attached hydrogen (secondary N) is 1. The second-order valence-electron chi connectivity index (χ2n) is 5.75. The first-order chi connectivity index (χ1) is 8.90. The number of hydrogen-bond acceptors (Lipinski definition) is 3. The van der Waals surface area contributed by atoms with Crippen molar-refractivity contribution in [3.8, 4) is 0 Å². The molecule has 0 amide bonds. The van der Waals surface area contributed by atoms with Crippen LogP contribution in [0, 0.1) is 5.92 Å². The van der Waals surface area contributed by atoms with Crippen LogP contribution in [0.1, 0.15) is 51.9 Å². The van der Waals surface area contributed by atoms with Crippen molar-refractivity contribution < 1.29 is 9.47 Å². The number of hydrogen-bond donors (Lipinski definition) is 1. The minimum absolute atomic E-state index is 0.436. The monoisotopic (exact) mass is 255 g/mol. The van der Waals surface area contributed by atoms with Crippen LogP contribution < -0.4 is 5.32 Å². The molecule has 106 valence electrons. The predicted octanol–water partition coefficient (Wildman–Crippen LogP) is 2.74. The molecule has 1 aliphatic carbocycles. The van der Waals surface area contributed by atoms with Crippen molar-refractivity contribution in [2.45, 2.75) is 64.0 Å². The molecule has 18 heavy (non-hydrogen) atoms. The van der Waals surface area contributed by atoms with E-state index < -0.39 is 0 Å². The lowest BCUT2D eigenvalue weighted by atomic mass is 9.98. The topological polar surface area (TPSA) is 30.5 Å². The molecule has 1 N–H and O–H groups in total. The fraction of sp³-hybridized carbons (Fsp3) is 1.00. The first kappa shape index (κ1) is 14.3. The Morgan fingerprint density at radius 2 is 1.89 bits per heavy atom. The summed E-state index contributed by atoms with van der Waals surface area (Å²) in [5.41, 5.74) is 0. The maximum atomic E-state index is 6.11. The van der Waals surface area contributed by atoms with Crippen molar-refractivity contribution in [1.29, 1.82) is 0 Å². The van der Waals surface area contributed by atoms with Crippen molar-refractivity contribution in [3.05, 3.63) is 0 Å². The van der Waals surface area contributed by atoms with Crippen molar-refractivity contribution >= 4 is 0 Å². The highest BCUT2D eigenvalue weighted by Crippen LogP contribution is 2.28. The quantitative estimate of drug-likeness (QED) is 0.759. The van der Waals surface area contributed by atoms with E-state index >= 15 is 0 Å². The smallest absolute Gasteiger partial charge is 0.0626 e. The molecule has 1 saturated carbocycles. The standard InChI is InChI=1S/C15H29NO2/c1-2-9-16-15(13-5-3-4-6-13)12-18-14-7-10-17-11-8-14/h13-16H,2-12H2,1H3. The molecule has 1 unspecified atom stereocenters. The van der Waals surface area contributed by atoms with E-state index in [-0.39, 0.29) is 0 Å². The van der Waals surface area contributed by atoms with Gasteiger partial charge in [0.05, 0.1) is 12.7 Å². The molecule has 1 saturated heterocycles. The van der Waals surface area contributed by atoms with E-state index in [0.29, 0.717) is 12.1 Å². The molecule has 0 radical (unpaired) electrons. The molecule has 1 aliphatic heterocycles. The van der Waals surface area contributed by atoms with Gasteiger partial charge in [-0.15, -0.1) is 0 Å². The van der Waals surface area contributed by atoms with Gasteiger partial charge in [0.25, 0.3) is 0 Å². The van der Waals surface area contributed by atoms with Gasteiger partial charge in [-0.1, -0.05) is 19.8 Å². The molecule has 0 bridgehead atoms. The molecule has 0 aromatic rings. The van der Waals surface area contributed by atoms with Gasteiger partial charge in [-0.2, -0.15) is 0 Å². The lowest BCUT2D eigenvalue weighted by molar-refractivity contribution is -0.0422. The summed E-state index contributed by atoms with van der Waals surface area (Å²) in [5, 5.41) is 3.69. The summed E-state index contributed by atoms with van der Waals surface area (Å²) in [6, 6.07) is 0.579. The summed E-state index contributed by atoms with van der Waals surface area (Å²) in [6.45, 7) is 6.01. The average Bonchev–Trinajstić information content (AvgIpc) is 2.94. The lowest BCUT2D eigenvalue weighted by Gasteiger charge is -2.29. The summed E-state index contributed by atoms with van der Waals surface area (Å²) in [4.78, 5) is 0. The van der Waals surface area contributed by atoms with E-state index in [9.17, 15) is 0 Å². The van der Waals surface area contributed by atoms with E-state index in [2.05, 4.69) is 12.2 Å². The van der Waals surface area contributed by atoms with Gasteiger partial charge in [-0.05, 0) is 44.6 Å². The van der Waals surface area contributed by atoms with Crippen LogP contribution in [0.5, 0.6) is 0 Å². The molecule has 2 fully saturated rings. The Labute approximate surface area is 112 Å². The normalized spacial score (nSPS) is 24.5. The zero-order valence-corrected chi connectivity index (χ0v) is 11.8. The molecule has 0 spiro atoms. The first-order valence-electron chi connectivity index (χ1n) is 7.83. The average molecular weight is 255 g/mol. The van der Waals surface area contributed by atoms with Crippen LogP contribution in [-0.2, 0) is 9.47 Å². The zero-order chi connectivity index (χ0) is 12.6. The highest BCUT2D eigenvalue weighted by molar-refractivity contribution is 4.81. The summed E-state index contributed by atoms with van der Waals surface area (Å²) in [7, 11) is 0. The molecule has 2 rings (SSSR count). The first-order valence-corrected chi connectivity index (χ1v) is 7.83. The van der Waals surface area contributed by atoms with Crippen molar-refractivity contribution in [1.82, 2.24) is 5.32 Å². The van der Waals surface area contributed by atoms with Crippen LogP contribution in [0.25, 0.3) is 0 Å². The van der Waals surface area contributed by atoms with Gasteiger partial charge < -0.3 is 14.8 Å². The zero-order valence-electron chi connectivity index (χ0n) is 11.8. The number of rotatable bonds is 7. The summed E-state index contributed by atoms with van der Waals surface area (Å²) < 4.78 is 11.5. The third-order valence-electron chi connectivity index (χ3n) is 4.31. The molecule has 0 aromatic carbocycles. The molecule has 1 heterocycles. The van der Waals surface area contributed by atoms with Crippen LogP contribution in [0.3, 0.4) is 0 Å². The summed E-state index contributed by atoms with van der Waals surface area (Å²) in [5.74, 6) is 0.844. The Kier molecular flexibility index (Phi) is 6.46. The maximum absolute atomic E-state index is 6.11. The van der Waals surface area contributed by atoms with E-state index in [1.54, 1.807) is 0 Å². The Morgan fingerprint density at radius 1 is 1.17 bits per heavy atom. The van der Waals surface area contributed by atoms with Crippen LogP contribution in [0.4, 0.5) is 0 Å². The largest absolute Gasteiger partial charge is 0.381 e. The van der Waals surface area contributed by atoms with Gasteiger partial charge in [-0.25, -0.2) is 0 Å². The van der Waals surface area contributed by atoms with E-state index in [1.807, 2.05) is 0 Å². The fourth-order valence-corrected chi connectivity index (χ4v) is 3.13. The van der Waals surface area contributed by atoms with Crippen LogP contribution in [0.15, 0.2) is 0 Å². The highest BCUT2D eigenvalue weighted by atomic mass is 16.5. The van der Waals surface area contributed by atoms with Gasteiger partial charge in [-0.3, -0.25) is 0 Å². The molecular formula is C15H29NO2.